The Morgan fingerprint density at radius 2 is 1.72 bits per heavy atom. The molecule has 2 heteroatoms. The van der Waals surface area contributed by atoms with Gasteiger partial charge in [0.15, 0.2) is 0 Å². The molecule has 0 aromatic heterocycles. The number of rotatable bonds is 8. The molecule has 0 amide bonds. The Bertz CT molecular complexity index is 318. The molecule has 0 saturated heterocycles. The van der Waals surface area contributed by atoms with Crippen LogP contribution < -0.4 is 5.32 Å². The van der Waals surface area contributed by atoms with Crippen LogP contribution in [-0.2, 0) is 6.42 Å². The maximum absolute atomic E-state index is 9.21. The zero-order valence-corrected chi connectivity index (χ0v) is 11.9. The number of benzene rings is 1. The van der Waals surface area contributed by atoms with Gasteiger partial charge in [0.2, 0.25) is 0 Å². The summed E-state index contributed by atoms with van der Waals surface area (Å²) in [7, 11) is 0. The second-order valence-corrected chi connectivity index (χ2v) is 5.60. The second-order valence-electron chi connectivity index (χ2n) is 5.60. The van der Waals surface area contributed by atoms with Crippen LogP contribution in [0, 0.1) is 5.92 Å². The van der Waals surface area contributed by atoms with Gasteiger partial charge in [0.25, 0.3) is 0 Å². The third-order valence-electron chi connectivity index (χ3n) is 3.25. The highest BCUT2D eigenvalue weighted by Crippen LogP contribution is 2.12. The molecule has 0 fully saturated rings. The van der Waals surface area contributed by atoms with Crippen LogP contribution in [0.3, 0.4) is 0 Å². The number of phenols is 1. The Morgan fingerprint density at radius 1 is 1.06 bits per heavy atom. The molecule has 0 aliphatic carbocycles. The lowest BCUT2D eigenvalue weighted by molar-refractivity contribution is 0.470. The topological polar surface area (TPSA) is 32.3 Å². The van der Waals surface area contributed by atoms with E-state index in [1.807, 2.05) is 12.1 Å². The number of hydrogen-bond acceptors (Lipinski definition) is 2. The molecule has 0 saturated carbocycles. The molecule has 1 aromatic carbocycles. The minimum absolute atomic E-state index is 0.346. The molecule has 0 radical (unpaired) electrons. The number of aryl methyl sites for hydroxylation is 1. The fraction of sp³-hybridized carbons (Fsp3) is 0.625. The Hall–Kier alpha value is -1.02. The molecule has 1 unspecified atom stereocenters. The third kappa shape index (κ3) is 6.65. The van der Waals surface area contributed by atoms with Gasteiger partial charge in [-0.15, -0.1) is 0 Å². The molecule has 18 heavy (non-hydrogen) atoms. The minimum atomic E-state index is 0.346. The molecule has 2 N–H and O–H groups in total. The van der Waals surface area contributed by atoms with E-state index in [0.717, 1.165) is 25.3 Å². The Balaban J connectivity index is 2.13. The fourth-order valence-corrected chi connectivity index (χ4v) is 2.01. The van der Waals surface area contributed by atoms with E-state index >= 15 is 0 Å². The van der Waals surface area contributed by atoms with Gasteiger partial charge in [-0.05, 0) is 62.8 Å². The van der Waals surface area contributed by atoms with E-state index in [1.165, 1.54) is 18.4 Å². The van der Waals surface area contributed by atoms with Gasteiger partial charge in [-0.25, -0.2) is 0 Å². The molecule has 0 bridgehead atoms. The Kier molecular flexibility index (Phi) is 6.81. The first kappa shape index (κ1) is 15.0. The summed E-state index contributed by atoms with van der Waals surface area (Å²) in [6, 6.07) is 8.08. The lowest BCUT2D eigenvalue weighted by Gasteiger charge is -2.14. The largest absolute Gasteiger partial charge is 0.508 e. The summed E-state index contributed by atoms with van der Waals surface area (Å²) in [6.45, 7) is 7.91. The van der Waals surface area contributed by atoms with Crippen LogP contribution in [0.1, 0.15) is 45.6 Å². The van der Waals surface area contributed by atoms with Crippen molar-refractivity contribution in [2.24, 2.45) is 5.92 Å². The van der Waals surface area contributed by atoms with Crippen molar-refractivity contribution in [2.45, 2.75) is 52.5 Å². The highest BCUT2D eigenvalue weighted by Gasteiger charge is 2.02. The second kappa shape index (κ2) is 8.15. The molecule has 102 valence electrons. The van der Waals surface area contributed by atoms with Gasteiger partial charge < -0.3 is 10.4 Å². The van der Waals surface area contributed by atoms with E-state index in [2.05, 4.69) is 26.1 Å². The molecule has 1 atom stereocenters. The SMILES string of the molecule is CC(C)CCCNC(C)CCc1ccc(O)cc1. The van der Waals surface area contributed by atoms with Gasteiger partial charge in [0, 0.05) is 6.04 Å². The van der Waals surface area contributed by atoms with Gasteiger partial charge in [-0.3, -0.25) is 0 Å². The average Bonchev–Trinajstić information content (AvgIpc) is 2.34. The summed E-state index contributed by atoms with van der Waals surface area (Å²) in [5.74, 6) is 1.15. The van der Waals surface area contributed by atoms with Gasteiger partial charge in [-0.1, -0.05) is 26.0 Å². The predicted octanol–water partition coefficient (Wildman–Crippen LogP) is 3.74. The van der Waals surface area contributed by atoms with Crippen LogP contribution >= 0.6 is 0 Å². The first-order valence-electron chi connectivity index (χ1n) is 7.09. The number of aromatic hydroxyl groups is 1. The summed E-state index contributed by atoms with van der Waals surface area (Å²) < 4.78 is 0. The third-order valence-corrected chi connectivity index (χ3v) is 3.25. The van der Waals surface area contributed by atoms with Gasteiger partial charge in [0.05, 0.1) is 0 Å². The van der Waals surface area contributed by atoms with Crippen molar-refractivity contribution in [3.63, 3.8) is 0 Å². The van der Waals surface area contributed by atoms with Crippen LogP contribution in [-0.4, -0.2) is 17.7 Å². The molecule has 0 heterocycles. The molecule has 0 aliphatic rings. The zero-order valence-electron chi connectivity index (χ0n) is 11.9. The lowest BCUT2D eigenvalue weighted by atomic mass is 10.1. The summed E-state index contributed by atoms with van der Waals surface area (Å²) in [4.78, 5) is 0. The maximum Gasteiger partial charge on any atom is 0.115 e. The van der Waals surface area contributed by atoms with E-state index in [9.17, 15) is 5.11 Å². The van der Waals surface area contributed by atoms with Crippen molar-refractivity contribution < 1.29 is 5.11 Å². The van der Waals surface area contributed by atoms with Crippen LogP contribution in [0.2, 0.25) is 0 Å². The van der Waals surface area contributed by atoms with E-state index in [1.54, 1.807) is 12.1 Å². The molecule has 1 rings (SSSR count). The Labute approximate surface area is 111 Å². The zero-order chi connectivity index (χ0) is 13.4. The van der Waals surface area contributed by atoms with Crippen LogP contribution in [0.25, 0.3) is 0 Å². The summed E-state index contributed by atoms with van der Waals surface area (Å²) in [5, 5.41) is 12.8. The lowest BCUT2D eigenvalue weighted by Crippen LogP contribution is -2.27. The fourth-order valence-electron chi connectivity index (χ4n) is 2.01. The van der Waals surface area contributed by atoms with Crippen molar-refractivity contribution in [3.05, 3.63) is 29.8 Å². The van der Waals surface area contributed by atoms with Gasteiger partial charge in [-0.2, -0.15) is 0 Å². The van der Waals surface area contributed by atoms with Crippen molar-refractivity contribution in [2.75, 3.05) is 6.54 Å². The summed E-state index contributed by atoms with van der Waals surface area (Å²) in [5.41, 5.74) is 1.30. The first-order chi connectivity index (χ1) is 8.58. The average molecular weight is 249 g/mol. The normalized spacial score (nSPS) is 12.9. The molecular weight excluding hydrogens is 222 g/mol. The highest BCUT2D eigenvalue weighted by molar-refractivity contribution is 5.25. The first-order valence-corrected chi connectivity index (χ1v) is 7.09. The van der Waals surface area contributed by atoms with Crippen LogP contribution in [0.15, 0.2) is 24.3 Å². The quantitative estimate of drug-likeness (QED) is 0.688. The highest BCUT2D eigenvalue weighted by atomic mass is 16.3. The standard InChI is InChI=1S/C16H27NO/c1-13(2)5-4-12-17-14(3)6-7-15-8-10-16(18)11-9-15/h8-11,13-14,17-18H,4-7,12H2,1-3H3. The van der Waals surface area contributed by atoms with Crippen LogP contribution in [0.4, 0.5) is 0 Å². The smallest absolute Gasteiger partial charge is 0.115 e. The minimum Gasteiger partial charge on any atom is -0.508 e. The van der Waals surface area contributed by atoms with E-state index in [0.29, 0.717) is 11.8 Å². The van der Waals surface area contributed by atoms with E-state index in [-0.39, 0.29) is 0 Å². The van der Waals surface area contributed by atoms with Crippen molar-refractivity contribution in [3.8, 4) is 5.75 Å². The van der Waals surface area contributed by atoms with Crippen molar-refractivity contribution >= 4 is 0 Å². The molecule has 0 spiro atoms. The van der Waals surface area contributed by atoms with Crippen molar-refractivity contribution in [1.82, 2.24) is 5.32 Å². The monoisotopic (exact) mass is 249 g/mol. The molecule has 0 aliphatic heterocycles. The maximum atomic E-state index is 9.21. The molecular formula is C16H27NO. The molecule has 1 aromatic rings. The predicted molar refractivity (Wildman–Crippen MR) is 78.0 cm³/mol. The van der Waals surface area contributed by atoms with Crippen molar-refractivity contribution in [1.29, 1.82) is 0 Å². The van der Waals surface area contributed by atoms with Crippen LogP contribution in [0.5, 0.6) is 5.75 Å². The van der Waals surface area contributed by atoms with E-state index < -0.39 is 0 Å². The Morgan fingerprint density at radius 3 is 2.33 bits per heavy atom. The van der Waals surface area contributed by atoms with Gasteiger partial charge >= 0.3 is 0 Å². The molecule has 2 nitrogen and oxygen atoms in total. The van der Waals surface area contributed by atoms with E-state index in [4.69, 9.17) is 0 Å². The summed E-state index contributed by atoms with van der Waals surface area (Å²) in [6.07, 6.45) is 4.78. The number of hydrogen-bond donors (Lipinski definition) is 2. The number of nitrogens with one attached hydrogen (secondary N) is 1. The number of phenolic OH excluding ortho intramolecular Hbond substituents is 1. The van der Waals surface area contributed by atoms with Gasteiger partial charge in [0.1, 0.15) is 5.75 Å². The summed E-state index contributed by atoms with van der Waals surface area (Å²) >= 11 is 0.